The highest BCUT2D eigenvalue weighted by Gasteiger charge is 2.34. The molecular weight excluding hydrogens is 374 g/mol. The molecule has 2 aromatic rings. The molecule has 0 amide bonds. The number of ether oxygens (including phenoxy) is 1. The Morgan fingerprint density at radius 1 is 1.46 bits per heavy atom. The number of aromatic nitrogens is 4. The lowest BCUT2D eigenvalue weighted by Crippen LogP contribution is -2.29. The average molecular weight is 392 g/mol. The van der Waals surface area contributed by atoms with E-state index in [-0.39, 0.29) is 5.97 Å². The summed E-state index contributed by atoms with van der Waals surface area (Å²) in [6.07, 6.45) is 1.80. The molecule has 1 N–H and O–H groups in total. The number of rotatable bonds is 5. The molecule has 7 nitrogen and oxygen atoms in total. The number of hydrogen-bond acceptors (Lipinski definition) is 6. The summed E-state index contributed by atoms with van der Waals surface area (Å²) in [6.45, 7) is 4.29. The maximum atomic E-state index is 12.7. The summed E-state index contributed by atoms with van der Waals surface area (Å²) < 4.78 is 7.96. The van der Waals surface area contributed by atoms with E-state index >= 15 is 0 Å². The molecule has 0 aliphatic carbocycles. The van der Waals surface area contributed by atoms with Crippen molar-refractivity contribution in [2.75, 3.05) is 11.9 Å². The molecule has 0 bridgehead atoms. The van der Waals surface area contributed by atoms with Crippen LogP contribution in [0.4, 0.5) is 5.95 Å². The number of nitrogens with one attached hydrogen (secondary N) is 1. The van der Waals surface area contributed by atoms with Gasteiger partial charge < -0.3 is 10.1 Å². The topological polar surface area (TPSA) is 81.9 Å². The van der Waals surface area contributed by atoms with Crippen LogP contribution in [0.3, 0.4) is 0 Å². The van der Waals surface area contributed by atoms with Crippen molar-refractivity contribution < 1.29 is 9.53 Å². The Kier molecular flexibility index (Phi) is 4.94. The van der Waals surface area contributed by atoms with Gasteiger partial charge in [-0.3, -0.25) is 0 Å². The number of anilines is 1. The van der Waals surface area contributed by atoms with E-state index in [2.05, 4.69) is 43.7 Å². The Morgan fingerprint density at radius 3 is 3.04 bits per heavy atom. The van der Waals surface area contributed by atoms with Crippen LogP contribution in [0.25, 0.3) is 0 Å². The molecule has 0 fully saturated rings. The molecule has 2 heterocycles. The predicted octanol–water partition coefficient (Wildman–Crippen LogP) is 3.07. The van der Waals surface area contributed by atoms with Gasteiger partial charge >= 0.3 is 5.97 Å². The van der Waals surface area contributed by atoms with Gasteiger partial charge in [-0.25, -0.2) is 4.79 Å². The van der Waals surface area contributed by atoms with Gasteiger partial charge in [0, 0.05) is 10.2 Å². The molecule has 1 atom stereocenters. The first-order valence-corrected chi connectivity index (χ1v) is 8.59. The van der Waals surface area contributed by atoms with E-state index in [0.29, 0.717) is 23.8 Å². The van der Waals surface area contributed by atoms with E-state index in [4.69, 9.17) is 4.74 Å². The second kappa shape index (κ2) is 7.12. The third-order valence-corrected chi connectivity index (χ3v) is 4.32. The number of fused-ring (bicyclic) bond motifs is 1. The van der Waals surface area contributed by atoms with Crippen LogP contribution >= 0.6 is 15.9 Å². The van der Waals surface area contributed by atoms with Gasteiger partial charge in [0.2, 0.25) is 5.95 Å². The van der Waals surface area contributed by atoms with E-state index in [1.165, 1.54) is 0 Å². The van der Waals surface area contributed by atoms with Gasteiger partial charge in [-0.1, -0.05) is 46.5 Å². The number of esters is 1. The SMILES string of the molecule is CCCCOC(=O)C1=C(C)Nc2nnnn2[C@H]1c1cccc(Br)c1. The van der Waals surface area contributed by atoms with Crippen molar-refractivity contribution in [2.45, 2.75) is 32.7 Å². The Morgan fingerprint density at radius 2 is 2.29 bits per heavy atom. The summed E-state index contributed by atoms with van der Waals surface area (Å²) in [5.41, 5.74) is 2.12. The van der Waals surface area contributed by atoms with Gasteiger partial charge in [0.1, 0.15) is 6.04 Å². The molecule has 1 aromatic heterocycles. The monoisotopic (exact) mass is 391 g/mol. The standard InChI is InChI=1S/C16H18BrN5O2/c1-3-4-8-24-15(23)13-10(2)18-16-19-20-21-22(16)14(13)11-6-5-7-12(17)9-11/h5-7,9,14H,3-4,8H2,1-2H3,(H,18,19,21)/t14-/m0/s1. The summed E-state index contributed by atoms with van der Waals surface area (Å²) in [7, 11) is 0. The second-order valence-corrected chi connectivity index (χ2v) is 6.47. The average Bonchev–Trinajstić information content (AvgIpc) is 3.01. The fraction of sp³-hybridized carbons (Fsp3) is 0.375. The lowest BCUT2D eigenvalue weighted by Gasteiger charge is -2.27. The Labute approximate surface area is 148 Å². The van der Waals surface area contributed by atoms with Crippen LogP contribution in [0.2, 0.25) is 0 Å². The van der Waals surface area contributed by atoms with E-state index < -0.39 is 6.04 Å². The molecule has 0 saturated carbocycles. The zero-order valence-corrected chi connectivity index (χ0v) is 15.1. The van der Waals surface area contributed by atoms with Gasteiger partial charge in [0.15, 0.2) is 0 Å². The fourth-order valence-corrected chi connectivity index (χ4v) is 3.07. The minimum atomic E-state index is -0.428. The van der Waals surface area contributed by atoms with Crippen molar-refractivity contribution in [2.24, 2.45) is 0 Å². The number of nitrogens with zero attached hydrogens (tertiary/aromatic N) is 4. The third-order valence-electron chi connectivity index (χ3n) is 3.83. The highest BCUT2D eigenvalue weighted by Crippen LogP contribution is 2.35. The Hall–Kier alpha value is -2.22. The van der Waals surface area contributed by atoms with Crippen LogP contribution in [-0.4, -0.2) is 32.8 Å². The molecule has 24 heavy (non-hydrogen) atoms. The molecule has 0 saturated heterocycles. The molecule has 0 unspecified atom stereocenters. The summed E-state index contributed by atoms with van der Waals surface area (Å²) in [6, 6.07) is 7.32. The summed E-state index contributed by atoms with van der Waals surface area (Å²) in [5.74, 6) is 0.155. The molecule has 1 aromatic carbocycles. The number of hydrogen-bond donors (Lipinski definition) is 1. The minimum absolute atomic E-state index is 0.348. The van der Waals surface area contributed by atoms with Gasteiger partial charge in [-0.05, 0) is 41.5 Å². The Balaban J connectivity index is 2.02. The highest BCUT2D eigenvalue weighted by atomic mass is 79.9. The van der Waals surface area contributed by atoms with Crippen molar-refractivity contribution in [1.29, 1.82) is 0 Å². The zero-order chi connectivity index (χ0) is 17.1. The van der Waals surface area contributed by atoms with E-state index in [1.807, 2.05) is 31.2 Å². The van der Waals surface area contributed by atoms with Gasteiger partial charge in [0.25, 0.3) is 0 Å². The molecule has 0 radical (unpaired) electrons. The number of halogens is 1. The van der Waals surface area contributed by atoms with Crippen LogP contribution in [-0.2, 0) is 9.53 Å². The molecular formula is C16H18BrN5O2. The number of carbonyl (C=O) groups is 1. The number of unbranched alkanes of at least 4 members (excludes halogenated alkanes) is 1. The number of tetrazole rings is 1. The van der Waals surface area contributed by atoms with Gasteiger partial charge in [0.05, 0.1) is 12.2 Å². The molecule has 8 heteroatoms. The normalized spacial score (nSPS) is 16.5. The van der Waals surface area contributed by atoms with Crippen LogP contribution in [0.15, 0.2) is 40.0 Å². The summed E-state index contributed by atoms with van der Waals surface area (Å²) in [4.78, 5) is 12.7. The molecule has 0 spiro atoms. The number of carbonyl (C=O) groups excluding carboxylic acids is 1. The van der Waals surface area contributed by atoms with Crippen LogP contribution in [0.1, 0.15) is 38.3 Å². The molecule has 3 rings (SSSR count). The first-order chi connectivity index (χ1) is 11.6. The maximum absolute atomic E-state index is 12.7. The summed E-state index contributed by atoms with van der Waals surface area (Å²) in [5, 5.41) is 14.8. The van der Waals surface area contributed by atoms with Crippen molar-refractivity contribution in [1.82, 2.24) is 20.2 Å². The fourth-order valence-electron chi connectivity index (χ4n) is 2.65. The highest BCUT2D eigenvalue weighted by molar-refractivity contribution is 9.10. The lowest BCUT2D eigenvalue weighted by molar-refractivity contribution is -0.139. The lowest BCUT2D eigenvalue weighted by atomic mass is 9.96. The zero-order valence-electron chi connectivity index (χ0n) is 13.5. The predicted molar refractivity (Wildman–Crippen MR) is 92.3 cm³/mol. The van der Waals surface area contributed by atoms with Crippen LogP contribution in [0, 0.1) is 0 Å². The van der Waals surface area contributed by atoms with Crippen LogP contribution in [0.5, 0.6) is 0 Å². The van der Waals surface area contributed by atoms with Gasteiger partial charge in [-0.2, -0.15) is 4.68 Å². The maximum Gasteiger partial charge on any atom is 0.338 e. The quantitative estimate of drug-likeness (QED) is 0.622. The third kappa shape index (κ3) is 3.19. The summed E-state index contributed by atoms with van der Waals surface area (Å²) >= 11 is 3.47. The Bertz CT molecular complexity index is 786. The van der Waals surface area contributed by atoms with Crippen molar-refractivity contribution in [3.05, 3.63) is 45.6 Å². The number of benzene rings is 1. The van der Waals surface area contributed by atoms with Crippen LogP contribution < -0.4 is 5.32 Å². The van der Waals surface area contributed by atoms with Gasteiger partial charge in [-0.15, -0.1) is 0 Å². The van der Waals surface area contributed by atoms with Crippen molar-refractivity contribution in [3.63, 3.8) is 0 Å². The van der Waals surface area contributed by atoms with E-state index in [0.717, 1.165) is 22.9 Å². The molecule has 126 valence electrons. The largest absolute Gasteiger partial charge is 0.462 e. The molecule has 1 aliphatic heterocycles. The minimum Gasteiger partial charge on any atom is -0.462 e. The first-order valence-electron chi connectivity index (χ1n) is 7.80. The van der Waals surface area contributed by atoms with Crippen molar-refractivity contribution >= 4 is 27.8 Å². The molecule has 1 aliphatic rings. The smallest absolute Gasteiger partial charge is 0.338 e. The van der Waals surface area contributed by atoms with E-state index in [1.54, 1.807) is 4.68 Å². The van der Waals surface area contributed by atoms with Crippen molar-refractivity contribution in [3.8, 4) is 0 Å². The first kappa shape index (κ1) is 16.6. The van der Waals surface area contributed by atoms with E-state index in [9.17, 15) is 4.79 Å². The second-order valence-electron chi connectivity index (χ2n) is 5.56. The number of allylic oxidation sites excluding steroid dienone is 1.